The third-order valence-corrected chi connectivity index (χ3v) is 2.00. The lowest BCUT2D eigenvalue weighted by Gasteiger charge is -2.17. The molecule has 12 heavy (non-hydrogen) atoms. The minimum atomic E-state index is -0.799. The fraction of sp³-hybridized carbons (Fsp3) is 1.00. The fourth-order valence-corrected chi connectivity index (χ4v) is 1.20. The van der Waals surface area contributed by atoms with E-state index in [0.29, 0.717) is 6.61 Å². The maximum absolute atomic E-state index is 9.19. The van der Waals surface area contributed by atoms with Crippen molar-refractivity contribution in [3.05, 3.63) is 0 Å². The zero-order chi connectivity index (χ0) is 8.69. The van der Waals surface area contributed by atoms with Gasteiger partial charge in [0.05, 0.1) is 6.04 Å². The first kappa shape index (κ1) is 15.0. The summed E-state index contributed by atoms with van der Waals surface area (Å²) in [6.07, 6.45) is 2.01. The van der Waals surface area contributed by atoms with Crippen LogP contribution in [-0.4, -0.2) is 36.1 Å². The number of hydrogen-bond donors (Lipinski definition) is 2. The van der Waals surface area contributed by atoms with Gasteiger partial charge in [-0.1, -0.05) is 0 Å². The highest BCUT2D eigenvalue weighted by Crippen LogP contribution is 2.03. The van der Waals surface area contributed by atoms with Crippen LogP contribution in [0.15, 0.2) is 0 Å². The lowest BCUT2D eigenvalue weighted by atomic mass is 10.2. The van der Waals surface area contributed by atoms with Gasteiger partial charge < -0.3 is 15.6 Å². The van der Waals surface area contributed by atoms with Gasteiger partial charge >= 0.3 is 0 Å². The second kappa shape index (κ2) is 9.61. The molecule has 0 amide bonds. The normalized spacial score (nSPS) is 15.0. The molecule has 0 heterocycles. The summed E-state index contributed by atoms with van der Waals surface area (Å²) in [7, 11) is 0. The van der Waals surface area contributed by atoms with E-state index in [1.54, 1.807) is 11.8 Å². The average Bonchev–Trinajstić information content (AvgIpc) is 2.00. The molecule has 3 N–H and O–H groups in total. The Morgan fingerprint density at radius 1 is 1.58 bits per heavy atom. The molecular formula is C7H18ClNO2S. The lowest BCUT2D eigenvalue weighted by Crippen LogP contribution is -2.37. The van der Waals surface area contributed by atoms with Gasteiger partial charge in [0.15, 0.2) is 6.29 Å². The first-order valence-electron chi connectivity index (χ1n) is 3.76. The van der Waals surface area contributed by atoms with E-state index in [0.717, 1.165) is 12.2 Å². The van der Waals surface area contributed by atoms with E-state index < -0.39 is 6.29 Å². The second-order valence-corrected chi connectivity index (χ2v) is 3.28. The zero-order valence-electron chi connectivity index (χ0n) is 7.53. The van der Waals surface area contributed by atoms with Gasteiger partial charge in [-0.3, -0.25) is 0 Å². The van der Waals surface area contributed by atoms with Crippen molar-refractivity contribution in [3.8, 4) is 0 Å². The smallest absolute Gasteiger partial charge is 0.169 e. The second-order valence-electron chi connectivity index (χ2n) is 2.29. The first-order chi connectivity index (χ1) is 5.22. The predicted octanol–water partition coefficient (Wildman–Crippen LogP) is 0.844. The highest BCUT2D eigenvalue weighted by molar-refractivity contribution is 7.98. The molecule has 0 aromatic carbocycles. The van der Waals surface area contributed by atoms with Crippen molar-refractivity contribution >= 4 is 24.2 Å². The maximum Gasteiger partial charge on any atom is 0.169 e. The van der Waals surface area contributed by atoms with E-state index in [9.17, 15) is 5.11 Å². The largest absolute Gasteiger partial charge is 0.367 e. The van der Waals surface area contributed by atoms with Crippen molar-refractivity contribution in [1.29, 1.82) is 0 Å². The van der Waals surface area contributed by atoms with Crippen molar-refractivity contribution in [1.82, 2.24) is 0 Å². The molecule has 0 aliphatic heterocycles. The third-order valence-electron chi connectivity index (χ3n) is 1.36. The Hall–Kier alpha value is 0.520. The van der Waals surface area contributed by atoms with Crippen LogP contribution >= 0.6 is 24.2 Å². The number of hydrogen-bond acceptors (Lipinski definition) is 4. The van der Waals surface area contributed by atoms with E-state index in [2.05, 4.69) is 0 Å². The number of ether oxygens (including phenoxy) is 1. The van der Waals surface area contributed by atoms with Crippen LogP contribution in [0.4, 0.5) is 0 Å². The molecule has 0 aliphatic carbocycles. The molecule has 76 valence electrons. The molecule has 3 nitrogen and oxygen atoms in total. The molecule has 0 saturated heterocycles. The molecule has 0 saturated carbocycles. The van der Waals surface area contributed by atoms with E-state index in [4.69, 9.17) is 10.5 Å². The summed E-state index contributed by atoms with van der Waals surface area (Å²) >= 11 is 1.72. The monoisotopic (exact) mass is 215 g/mol. The Morgan fingerprint density at radius 2 is 2.17 bits per heavy atom. The summed E-state index contributed by atoms with van der Waals surface area (Å²) in [5.41, 5.74) is 5.60. The summed E-state index contributed by atoms with van der Waals surface area (Å²) in [6, 6.07) is -0.248. The molecule has 0 spiro atoms. The Balaban J connectivity index is 0. The van der Waals surface area contributed by atoms with Gasteiger partial charge in [-0.25, -0.2) is 0 Å². The fourth-order valence-electron chi connectivity index (χ4n) is 0.691. The van der Waals surface area contributed by atoms with Crippen molar-refractivity contribution < 1.29 is 9.84 Å². The van der Waals surface area contributed by atoms with Crippen LogP contribution < -0.4 is 5.73 Å². The molecule has 0 aromatic heterocycles. The molecule has 1 unspecified atom stereocenters. The van der Waals surface area contributed by atoms with Gasteiger partial charge in [-0.15, -0.1) is 12.4 Å². The molecule has 0 rings (SSSR count). The van der Waals surface area contributed by atoms with E-state index in [-0.39, 0.29) is 18.4 Å². The van der Waals surface area contributed by atoms with Crippen molar-refractivity contribution in [2.75, 3.05) is 18.6 Å². The Kier molecular flexibility index (Phi) is 12.0. The molecule has 0 aliphatic rings. The van der Waals surface area contributed by atoms with Crippen LogP contribution in [-0.2, 0) is 4.74 Å². The molecule has 0 aromatic rings. The summed E-state index contributed by atoms with van der Waals surface area (Å²) in [5.74, 6) is 0.964. The summed E-state index contributed by atoms with van der Waals surface area (Å²) in [5, 5.41) is 9.19. The van der Waals surface area contributed by atoms with Crippen LogP contribution in [0.25, 0.3) is 0 Å². The van der Waals surface area contributed by atoms with Gasteiger partial charge in [0.2, 0.25) is 0 Å². The maximum atomic E-state index is 9.19. The van der Waals surface area contributed by atoms with Gasteiger partial charge in [0.25, 0.3) is 0 Å². The molecule has 0 fully saturated rings. The SMILES string of the molecule is CCOC(O)[C@@H](N)CCSC.Cl. The van der Waals surface area contributed by atoms with Gasteiger partial charge in [0.1, 0.15) is 0 Å². The molecule has 5 heteroatoms. The topological polar surface area (TPSA) is 55.5 Å². The molecule has 0 bridgehead atoms. The van der Waals surface area contributed by atoms with Gasteiger partial charge in [-0.05, 0) is 25.4 Å². The van der Waals surface area contributed by atoms with Crippen molar-refractivity contribution in [3.63, 3.8) is 0 Å². The summed E-state index contributed by atoms with van der Waals surface area (Å²) in [4.78, 5) is 0. The summed E-state index contributed by atoms with van der Waals surface area (Å²) < 4.78 is 4.92. The van der Waals surface area contributed by atoms with Crippen LogP contribution in [0.3, 0.4) is 0 Å². The van der Waals surface area contributed by atoms with Crippen LogP contribution in [0.1, 0.15) is 13.3 Å². The zero-order valence-corrected chi connectivity index (χ0v) is 9.16. The highest BCUT2D eigenvalue weighted by atomic mass is 35.5. The highest BCUT2D eigenvalue weighted by Gasteiger charge is 2.12. The minimum Gasteiger partial charge on any atom is -0.367 e. The van der Waals surface area contributed by atoms with E-state index in [1.165, 1.54) is 0 Å². The molecule has 0 radical (unpaired) electrons. The van der Waals surface area contributed by atoms with E-state index in [1.807, 2.05) is 13.2 Å². The predicted molar refractivity (Wildman–Crippen MR) is 55.9 cm³/mol. The number of aliphatic hydroxyl groups excluding tert-OH is 1. The molecule has 2 atom stereocenters. The standard InChI is InChI=1S/C7H17NO2S.ClH/c1-3-10-7(9)6(8)4-5-11-2;/h6-7,9H,3-5,8H2,1-2H3;1H/t6-,7?;/m0./s1. The van der Waals surface area contributed by atoms with Crippen LogP contribution in [0.5, 0.6) is 0 Å². The van der Waals surface area contributed by atoms with Crippen LogP contribution in [0.2, 0.25) is 0 Å². The Bertz CT molecular complexity index is 97.5. The average molecular weight is 216 g/mol. The number of thioether (sulfide) groups is 1. The summed E-state index contributed by atoms with van der Waals surface area (Å²) in [6.45, 7) is 2.35. The quantitative estimate of drug-likeness (QED) is 0.645. The lowest BCUT2D eigenvalue weighted by molar-refractivity contribution is -0.109. The number of halogens is 1. The Labute approximate surface area is 84.5 Å². The van der Waals surface area contributed by atoms with Gasteiger partial charge in [0, 0.05) is 6.61 Å². The van der Waals surface area contributed by atoms with Gasteiger partial charge in [-0.2, -0.15) is 11.8 Å². The third kappa shape index (κ3) is 7.18. The van der Waals surface area contributed by atoms with Crippen LogP contribution in [0, 0.1) is 0 Å². The van der Waals surface area contributed by atoms with Crippen molar-refractivity contribution in [2.24, 2.45) is 5.73 Å². The minimum absolute atomic E-state index is 0. The van der Waals surface area contributed by atoms with E-state index >= 15 is 0 Å². The number of rotatable bonds is 6. The molecular weight excluding hydrogens is 198 g/mol. The number of aliphatic hydroxyl groups is 1. The number of nitrogens with two attached hydrogens (primary N) is 1. The first-order valence-corrected chi connectivity index (χ1v) is 5.16. The Morgan fingerprint density at radius 3 is 2.58 bits per heavy atom. The van der Waals surface area contributed by atoms with Crippen molar-refractivity contribution in [2.45, 2.75) is 25.7 Å².